The van der Waals surface area contributed by atoms with Crippen molar-refractivity contribution >= 4 is 16.8 Å². The molecule has 0 bridgehead atoms. The standard InChI is InChI=1S/C13H13FN2O/c1-15-6-5-12(13(15)17)16-7-4-9-8-10(14)2-3-11(9)16/h2-4,7-8,12H,5-6H2,1H3. The van der Waals surface area contributed by atoms with Crippen molar-refractivity contribution in [2.75, 3.05) is 13.6 Å². The van der Waals surface area contributed by atoms with Gasteiger partial charge >= 0.3 is 0 Å². The maximum absolute atomic E-state index is 13.1. The van der Waals surface area contributed by atoms with E-state index in [2.05, 4.69) is 0 Å². The molecule has 1 amide bonds. The Morgan fingerprint density at radius 3 is 2.88 bits per heavy atom. The van der Waals surface area contributed by atoms with Crippen molar-refractivity contribution in [1.82, 2.24) is 9.47 Å². The van der Waals surface area contributed by atoms with Gasteiger partial charge in [0.25, 0.3) is 0 Å². The second-order valence-electron chi connectivity index (χ2n) is 4.49. The number of likely N-dealkylation sites (tertiary alicyclic amines) is 1. The lowest BCUT2D eigenvalue weighted by atomic mass is 10.2. The van der Waals surface area contributed by atoms with E-state index in [4.69, 9.17) is 0 Å². The number of likely N-dealkylation sites (N-methyl/N-ethyl adjacent to an activating group) is 1. The van der Waals surface area contributed by atoms with Gasteiger partial charge in [-0.25, -0.2) is 4.39 Å². The van der Waals surface area contributed by atoms with Gasteiger partial charge in [-0.1, -0.05) is 0 Å². The highest BCUT2D eigenvalue weighted by atomic mass is 19.1. The number of carbonyl (C=O) groups excluding carboxylic acids is 1. The normalized spacial score (nSPS) is 20.5. The van der Waals surface area contributed by atoms with Crippen LogP contribution in [0.25, 0.3) is 10.9 Å². The lowest BCUT2D eigenvalue weighted by Gasteiger charge is -2.13. The molecule has 1 saturated heterocycles. The zero-order chi connectivity index (χ0) is 12.0. The van der Waals surface area contributed by atoms with Crippen LogP contribution in [-0.4, -0.2) is 29.0 Å². The molecule has 88 valence electrons. The van der Waals surface area contributed by atoms with Crippen LogP contribution in [0.2, 0.25) is 0 Å². The van der Waals surface area contributed by atoms with Crippen LogP contribution < -0.4 is 0 Å². The zero-order valence-electron chi connectivity index (χ0n) is 9.56. The number of aromatic nitrogens is 1. The number of halogens is 1. The molecule has 1 fully saturated rings. The molecule has 1 aliphatic heterocycles. The van der Waals surface area contributed by atoms with Crippen molar-refractivity contribution in [2.45, 2.75) is 12.5 Å². The summed E-state index contributed by atoms with van der Waals surface area (Å²) in [6.45, 7) is 0.782. The number of hydrogen-bond acceptors (Lipinski definition) is 1. The first-order chi connectivity index (χ1) is 8.16. The van der Waals surface area contributed by atoms with Crippen LogP contribution in [0, 0.1) is 5.82 Å². The number of amides is 1. The van der Waals surface area contributed by atoms with Crippen LogP contribution >= 0.6 is 0 Å². The Morgan fingerprint density at radius 1 is 1.35 bits per heavy atom. The van der Waals surface area contributed by atoms with E-state index in [1.807, 2.05) is 23.9 Å². The fourth-order valence-corrected chi connectivity index (χ4v) is 2.47. The summed E-state index contributed by atoms with van der Waals surface area (Å²) >= 11 is 0. The highest BCUT2D eigenvalue weighted by Gasteiger charge is 2.30. The minimum Gasteiger partial charge on any atom is -0.344 e. The fourth-order valence-electron chi connectivity index (χ4n) is 2.47. The minimum atomic E-state index is -0.245. The number of nitrogens with zero attached hydrogens (tertiary/aromatic N) is 2. The predicted molar refractivity (Wildman–Crippen MR) is 63.2 cm³/mol. The Labute approximate surface area is 98.4 Å². The van der Waals surface area contributed by atoms with Gasteiger partial charge in [-0.2, -0.15) is 0 Å². The molecule has 1 aliphatic rings. The zero-order valence-corrected chi connectivity index (χ0v) is 9.56. The summed E-state index contributed by atoms with van der Waals surface area (Å²) in [7, 11) is 1.81. The van der Waals surface area contributed by atoms with Gasteiger partial charge < -0.3 is 9.47 Å². The highest BCUT2D eigenvalue weighted by Crippen LogP contribution is 2.27. The first-order valence-electron chi connectivity index (χ1n) is 5.68. The van der Waals surface area contributed by atoms with Crippen LogP contribution in [-0.2, 0) is 4.79 Å². The van der Waals surface area contributed by atoms with Gasteiger partial charge in [0.15, 0.2) is 0 Å². The Kier molecular flexibility index (Phi) is 2.18. The lowest BCUT2D eigenvalue weighted by Crippen LogP contribution is -2.24. The van der Waals surface area contributed by atoms with Gasteiger partial charge in [-0.3, -0.25) is 4.79 Å². The van der Waals surface area contributed by atoms with Crippen LogP contribution in [0.3, 0.4) is 0 Å². The van der Waals surface area contributed by atoms with Crippen LogP contribution in [0.1, 0.15) is 12.5 Å². The highest BCUT2D eigenvalue weighted by molar-refractivity contribution is 5.86. The summed E-state index contributed by atoms with van der Waals surface area (Å²) < 4.78 is 15.0. The number of benzene rings is 1. The molecule has 1 atom stereocenters. The second-order valence-corrected chi connectivity index (χ2v) is 4.49. The molecule has 0 spiro atoms. The second kappa shape index (κ2) is 3.58. The van der Waals surface area contributed by atoms with E-state index >= 15 is 0 Å². The Bertz CT molecular complexity index is 590. The van der Waals surface area contributed by atoms with Crippen molar-refractivity contribution in [3.63, 3.8) is 0 Å². The van der Waals surface area contributed by atoms with E-state index in [1.165, 1.54) is 12.1 Å². The molecule has 4 heteroatoms. The quantitative estimate of drug-likeness (QED) is 0.739. The Morgan fingerprint density at radius 2 is 2.18 bits per heavy atom. The van der Waals surface area contributed by atoms with Crippen molar-refractivity contribution in [3.8, 4) is 0 Å². The van der Waals surface area contributed by atoms with Crippen molar-refractivity contribution in [1.29, 1.82) is 0 Å². The monoisotopic (exact) mass is 232 g/mol. The molecule has 1 aromatic carbocycles. The SMILES string of the molecule is CN1CCC(n2ccc3cc(F)ccc32)C1=O. The molecule has 3 rings (SSSR count). The third-order valence-corrected chi connectivity index (χ3v) is 3.42. The largest absolute Gasteiger partial charge is 0.344 e. The maximum Gasteiger partial charge on any atom is 0.245 e. The van der Waals surface area contributed by atoms with E-state index < -0.39 is 0 Å². The third kappa shape index (κ3) is 1.52. The molecule has 0 aliphatic carbocycles. The minimum absolute atomic E-state index is 0.131. The van der Waals surface area contributed by atoms with E-state index in [-0.39, 0.29) is 17.8 Å². The molecule has 0 radical (unpaired) electrons. The van der Waals surface area contributed by atoms with Crippen molar-refractivity contribution in [2.24, 2.45) is 0 Å². The Hall–Kier alpha value is -1.84. The average Bonchev–Trinajstić information content (AvgIpc) is 2.84. The summed E-state index contributed by atoms with van der Waals surface area (Å²) in [4.78, 5) is 13.7. The summed E-state index contributed by atoms with van der Waals surface area (Å²) in [5, 5.41) is 0.840. The smallest absolute Gasteiger partial charge is 0.245 e. The topological polar surface area (TPSA) is 25.2 Å². The van der Waals surface area contributed by atoms with E-state index in [1.54, 1.807) is 11.0 Å². The first-order valence-corrected chi connectivity index (χ1v) is 5.68. The van der Waals surface area contributed by atoms with Gasteiger partial charge in [-0.05, 0) is 30.7 Å². The van der Waals surface area contributed by atoms with Gasteiger partial charge in [0.05, 0.1) is 0 Å². The Balaban J connectivity index is 2.09. The molecule has 2 aromatic rings. The maximum atomic E-state index is 13.1. The van der Waals surface area contributed by atoms with Crippen LogP contribution in [0.4, 0.5) is 4.39 Å². The van der Waals surface area contributed by atoms with E-state index in [0.717, 1.165) is 23.9 Å². The summed E-state index contributed by atoms with van der Waals surface area (Å²) in [6, 6.07) is 6.37. The van der Waals surface area contributed by atoms with Crippen LogP contribution in [0.15, 0.2) is 30.5 Å². The summed E-state index contributed by atoms with van der Waals surface area (Å²) in [5.41, 5.74) is 0.917. The summed E-state index contributed by atoms with van der Waals surface area (Å²) in [5.74, 6) is -0.114. The average molecular weight is 232 g/mol. The molecule has 1 aromatic heterocycles. The number of carbonyl (C=O) groups is 1. The van der Waals surface area contributed by atoms with Gasteiger partial charge in [0, 0.05) is 30.7 Å². The van der Waals surface area contributed by atoms with E-state index in [9.17, 15) is 9.18 Å². The molecular weight excluding hydrogens is 219 g/mol. The van der Waals surface area contributed by atoms with Crippen LogP contribution in [0.5, 0.6) is 0 Å². The molecule has 2 heterocycles. The molecule has 0 saturated carbocycles. The van der Waals surface area contributed by atoms with Gasteiger partial charge in [0.1, 0.15) is 11.9 Å². The van der Waals surface area contributed by atoms with Gasteiger partial charge in [0.2, 0.25) is 5.91 Å². The molecule has 1 unspecified atom stereocenters. The van der Waals surface area contributed by atoms with Crippen molar-refractivity contribution < 1.29 is 9.18 Å². The fraction of sp³-hybridized carbons (Fsp3) is 0.308. The van der Waals surface area contributed by atoms with Crippen molar-refractivity contribution in [3.05, 3.63) is 36.3 Å². The number of rotatable bonds is 1. The molecule has 3 nitrogen and oxygen atoms in total. The third-order valence-electron chi connectivity index (χ3n) is 3.42. The molecule has 17 heavy (non-hydrogen) atoms. The molecular formula is C13H13FN2O. The van der Waals surface area contributed by atoms with Gasteiger partial charge in [-0.15, -0.1) is 0 Å². The van der Waals surface area contributed by atoms with E-state index in [0.29, 0.717) is 0 Å². The predicted octanol–water partition coefficient (Wildman–Crippen LogP) is 2.18. The molecule has 0 N–H and O–H groups in total. The first kappa shape index (κ1) is 10.3. The summed E-state index contributed by atoms with van der Waals surface area (Å²) in [6.07, 6.45) is 2.68. The number of hydrogen-bond donors (Lipinski definition) is 0. The lowest BCUT2D eigenvalue weighted by molar-refractivity contribution is -0.129. The number of fused-ring (bicyclic) bond motifs is 1.